The molecule has 0 aromatic heterocycles. The van der Waals surface area contributed by atoms with E-state index in [2.05, 4.69) is 19.2 Å². The van der Waals surface area contributed by atoms with Crippen LogP contribution in [0.3, 0.4) is 0 Å². The maximum absolute atomic E-state index is 13.8. The van der Waals surface area contributed by atoms with Gasteiger partial charge in [0.25, 0.3) is 5.91 Å². The lowest BCUT2D eigenvalue weighted by Gasteiger charge is -2.18. The highest BCUT2D eigenvalue weighted by Crippen LogP contribution is 2.13. The summed E-state index contributed by atoms with van der Waals surface area (Å²) in [5, 5.41) is 2.77. The molecule has 1 unspecified atom stereocenters. The van der Waals surface area contributed by atoms with Gasteiger partial charge in [0.1, 0.15) is 5.82 Å². The Morgan fingerprint density at radius 3 is 2.67 bits per heavy atom. The smallest absolute Gasteiger partial charge is 0.254 e. The molecule has 1 amide bonds. The molecule has 0 aliphatic rings. The lowest BCUT2D eigenvalue weighted by atomic mass is 10.0. The van der Waals surface area contributed by atoms with E-state index >= 15 is 0 Å². The first-order valence-electron chi connectivity index (χ1n) is 6.07. The van der Waals surface area contributed by atoms with Crippen LogP contribution in [0.1, 0.15) is 36.2 Å². The Hall–Kier alpha value is -1.09. The van der Waals surface area contributed by atoms with E-state index in [1.54, 1.807) is 19.1 Å². The van der Waals surface area contributed by atoms with Gasteiger partial charge in [-0.25, -0.2) is 4.39 Å². The highest BCUT2D eigenvalue weighted by molar-refractivity contribution is 6.18. The monoisotopic (exact) mass is 271 g/mol. The predicted octanol–water partition coefficient (Wildman–Crippen LogP) is 3.52. The molecule has 0 bridgehead atoms. The van der Waals surface area contributed by atoms with Gasteiger partial charge in [0.05, 0.1) is 5.56 Å². The number of alkyl halides is 1. The highest BCUT2D eigenvalue weighted by atomic mass is 35.5. The first-order valence-corrected chi connectivity index (χ1v) is 6.61. The van der Waals surface area contributed by atoms with Crippen molar-refractivity contribution in [3.8, 4) is 0 Å². The number of carbonyl (C=O) groups excluding carboxylic acids is 1. The van der Waals surface area contributed by atoms with Gasteiger partial charge in [0.15, 0.2) is 0 Å². The predicted molar refractivity (Wildman–Crippen MR) is 72.6 cm³/mol. The molecule has 18 heavy (non-hydrogen) atoms. The molecule has 0 heterocycles. The van der Waals surface area contributed by atoms with Crippen LogP contribution in [-0.2, 0) is 0 Å². The molecule has 4 heteroatoms. The molecule has 0 aliphatic carbocycles. The molecular formula is C14H19ClFNO. The van der Waals surface area contributed by atoms with E-state index in [0.29, 0.717) is 17.4 Å². The minimum Gasteiger partial charge on any atom is -0.348 e. The molecule has 1 aromatic rings. The summed E-state index contributed by atoms with van der Waals surface area (Å²) in [6.07, 6.45) is 0.780. The first kappa shape index (κ1) is 15.0. The molecule has 0 saturated heterocycles. The van der Waals surface area contributed by atoms with Gasteiger partial charge in [-0.1, -0.05) is 26.0 Å². The van der Waals surface area contributed by atoms with Gasteiger partial charge in [-0.3, -0.25) is 4.79 Å². The Morgan fingerprint density at radius 1 is 1.44 bits per heavy atom. The summed E-state index contributed by atoms with van der Waals surface area (Å²) < 4.78 is 13.8. The quantitative estimate of drug-likeness (QED) is 0.816. The maximum Gasteiger partial charge on any atom is 0.254 e. The number of amides is 1. The summed E-state index contributed by atoms with van der Waals surface area (Å²) in [6, 6.07) is 4.67. The standard InChI is InChI=1S/C14H19ClFNO/c1-9(2)7-11(8-15)17-14(18)12-6-4-5-10(3)13(12)16/h4-6,9,11H,7-8H2,1-3H3,(H,17,18). The van der Waals surface area contributed by atoms with E-state index in [-0.39, 0.29) is 11.6 Å². The zero-order valence-electron chi connectivity index (χ0n) is 11.0. The largest absolute Gasteiger partial charge is 0.348 e. The Labute approximate surface area is 113 Å². The van der Waals surface area contributed by atoms with Crippen LogP contribution in [0.25, 0.3) is 0 Å². The minimum absolute atomic E-state index is 0.0777. The second-order valence-corrected chi connectivity index (χ2v) is 5.20. The Kier molecular flexibility index (Phi) is 5.60. The van der Waals surface area contributed by atoms with Crippen molar-refractivity contribution in [3.63, 3.8) is 0 Å². The SMILES string of the molecule is Cc1cccc(C(=O)NC(CCl)CC(C)C)c1F. The number of hydrogen-bond donors (Lipinski definition) is 1. The molecule has 1 aromatic carbocycles. The molecule has 0 radical (unpaired) electrons. The third kappa shape index (κ3) is 3.98. The molecule has 0 spiro atoms. The lowest BCUT2D eigenvalue weighted by Crippen LogP contribution is -2.37. The van der Waals surface area contributed by atoms with E-state index in [4.69, 9.17) is 11.6 Å². The van der Waals surface area contributed by atoms with Crippen molar-refractivity contribution in [2.24, 2.45) is 5.92 Å². The summed E-state index contributed by atoms with van der Waals surface area (Å²) in [5.41, 5.74) is 0.544. The zero-order chi connectivity index (χ0) is 13.7. The maximum atomic E-state index is 13.8. The normalized spacial score (nSPS) is 12.6. The summed E-state index contributed by atoms with van der Waals surface area (Å²) in [7, 11) is 0. The summed E-state index contributed by atoms with van der Waals surface area (Å²) in [4.78, 5) is 12.0. The molecule has 1 atom stereocenters. The van der Waals surface area contributed by atoms with E-state index in [1.165, 1.54) is 6.07 Å². The average molecular weight is 272 g/mol. The van der Waals surface area contributed by atoms with Crippen molar-refractivity contribution in [1.82, 2.24) is 5.32 Å². The van der Waals surface area contributed by atoms with Gasteiger partial charge in [-0.2, -0.15) is 0 Å². The van der Waals surface area contributed by atoms with Crippen molar-refractivity contribution in [2.75, 3.05) is 5.88 Å². The minimum atomic E-state index is -0.465. The van der Waals surface area contributed by atoms with Crippen LogP contribution >= 0.6 is 11.6 Å². The van der Waals surface area contributed by atoms with Gasteiger partial charge in [-0.15, -0.1) is 11.6 Å². The van der Waals surface area contributed by atoms with Gasteiger partial charge < -0.3 is 5.32 Å². The number of benzene rings is 1. The number of nitrogens with one attached hydrogen (secondary N) is 1. The zero-order valence-corrected chi connectivity index (χ0v) is 11.7. The van der Waals surface area contributed by atoms with Gasteiger partial charge in [-0.05, 0) is 30.9 Å². The van der Waals surface area contributed by atoms with Crippen LogP contribution < -0.4 is 5.32 Å². The molecule has 0 saturated carbocycles. The van der Waals surface area contributed by atoms with Crippen molar-refractivity contribution >= 4 is 17.5 Å². The second-order valence-electron chi connectivity index (χ2n) is 4.89. The van der Waals surface area contributed by atoms with Crippen LogP contribution in [0.15, 0.2) is 18.2 Å². The van der Waals surface area contributed by atoms with Crippen LogP contribution in [0.2, 0.25) is 0 Å². The molecule has 2 nitrogen and oxygen atoms in total. The van der Waals surface area contributed by atoms with Crippen molar-refractivity contribution in [3.05, 3.63) is 35.1 Å². The van der Waals surface area contributed by atoms with Crippen LogP contribution in [-0.4, -0.2) is 17.8 Å². The van der Waals surface area contributed by atoms with E-state index in [0.717, 1.165) is 6.42 Å². The Morgan fingerprint density at radius 2 is 2.11 bits per heavy atom. The van der Waals surface area contributed by atoms with Crippen LogP contribution in [0.5, 0.6) is 0 Å². The Balaban J connectivity index is 2.78. The van der Waals surface area contributed by atoms with Gasteiger partial charge >= 0.3 is 0 Å². The molecule has 1 N–H and O–H groups in total. The molecule has 1 rings (SSSR count). The highest BCUT2D eigenvalue weighted by Gasteiger charge is 2.17. The molecular weight excluding hydrogens is 253 g/mol. The molecule has 0 aliphatic heterocycles. The number of rotatable bonds is 5. The fraction of sp³-hybridized carbons (Fsp3) is 0.500. The molecule has 100 valence electrons. The first-order chi connectivity index (χ1) is 8.45. The molecule has 0 fully saturated rings. The number of halogens is 2. The van der Waals surface area contributed by atoms with Crippen molar-refractivity contribution in [1.29, 1.82) is 0 Å². The topological polar surface area (TPSA) is 29.1 Å². The van der Waals surface area contributed by atoms with Crippen molar-refractivity contribution < 1.29 is 9.18 Å². The average Bonchev–Trinajstić information content (AvgIpc) is 2.31. The number of aryl methyl sites for hydroxylation is 1. The summed E-state index contributed by atoms with van der Waals surface area (Å²) >= 11 is 5.81. The van der Waals surface area contributed by atoms with Crippen LogP contribution in [0.4, 0.5) is 4.39 Å². The fourth-order valence-corrected chi connectivity index (χ4v) is 2.02. The third-order valence-electron chi connectivity index (χ3n) is 2.71. The third-order valence-corrected chi connectivity index (χ3v) is 3.09. The van der Waals surface area contributed by atoms with Gasteiger partial charge in [0.2, 0.25) is 0 Å². The van der Waals surface area contributed by atoms with E-state index in [1.807, 2.05) is 0 Å². The Bertz CT molecular complexity index is 420. The summed E-state index contributed by atoms with van der Waals surface area (Å²) in [6.45, 7) is 5.75. The van der Waals surface area contributed by atoms with E-state index in [9.17, 15) is 9.18 Å². The second kappa shape index (κ2) is 6.74. The summed E-state index contributed by atoms with van der Waals surface area (Å²) in [5.74, 6) is -0.107. The van der Waals surface area contributed by atoms with E-state index < -0.39 is 11.7 Å². The van der Waals surface area contributed by atoms with Crippen molar-refractivity contribution in [2.45, 2.75) is 33.2 Å². The van der Waals surface area contributed by atoms with Crippen LogP contribution in [0, 0.1) is 18.7 Å². The fourth-order valence-electron chi connectivity index (χ4n) is 1.82. The number of hydrogen-bond acceptors (Lipinski definition) is 1. The lowest BCUT2D eigenvalue weighted by molar-refractivity contribution is 0.0932. The van der Waals surface area contributed by atoms with Gasteiger partial charge in [0, 0.05) is 11.9 Å². The number of carbonyl (C=O) groups is 1.